The summed E-state index contributed by atoms with van der Waals surface area (Å²) in [5.41, 5.74) is 5.92. The van der Waals surface area contributed by atoms with E-state index in [-0.39, 0.29) is 5.91 Å². The van der Waals surface area contributed by atoms with Crippen LogP contribution in [0.15, 0.2) is 49.1 Å². The Balaban J connectivity index is 1.35. The number of fused-ring (bicyclic) bond motifs is 2. The Kier molecular flexibility index (Phi) is 4.69. The molecular formula is C24H24N8O. The predicted molar refractivity (Wildman–Crippen MR) is 128 cm³/mol. The van der Waals surface area contributed by atoms with Crippen molar-refractivity contribution in [1.29, 1.82) is 0 Å². The van der Waals surface area contributed by atoms with Crippen molar-refractivity contribution in [2.24, 2.45) is 7.05 Å². The zero-order valence-corrected chi connectivity index (χ0v) is 18.3. The van der Waals surface area contributed by atoms with Gasteiger partial charge in [-0.3, -0.25) is 9.78 Å². The van der Waals surface area contributed by atoms with E-state index in [9.17, 15) is 4.79 Å². The topological polar surface area (TPSA) is 100 Å². The number of nitrogens with zero attached hydrogens (tertiary/aromatic N) is 5. The number of nitrogens with one attached hydrogen (secondary N) is 3. The molecule has 6 heterocycles. The molecule has 2 aliphatic rings. The quantitative estimate of drug-likeness (QED) is 0.448. The fourth-order valence-electron chi connectivity index (χ4n) is 4.65. The molecule has 166 valence electrons. The van der Waals surface area contributed by atoms with Crippen molar-refractivity contribution >= 4 is 34.1 Å². The van der Waals surface area contributed by atoms with Gasteiger partial charge in [0, 0.05) is 68.7 Å². The number of piperazine rings is 1. The molecular weight excluding hydrogens is 416 g/mol. The second-order valence-electron chi connectivity index (χ2n) is 8.34. The fourth-order valence-corrected chi connectivity index (χ4v) is 4.65. The molecule has 0 atom stereocenters. The third kappa shape index (κ3) is 3.37. The van der Waals surface area contributed by atoms with Crippen molar-refractivity contribution in [2.75, 3.05) is 36.4 Å². The van der Waals surface area contributed by atoms with Gasteiger partial charge >= 0.3 is 0 Å². The lowest BCUT2D eigenvalue weighted by Gasteiger charge is -2.29. The van der Waals surface area contributed by atoms with Crippen LogP contribution in [-0.4, -0.2) is 51.6 Å². The van der Waals surface area contributed by atoms with Gasteiger partial charge < -0.3 is 25.4 Å². The van der Waals surface area contributed by atoms with Crippen LogP contribution in [0.3, 0.4) is 0 Å². The van der Waals surface area contributed by atoms with Crippen LogP contribution in [0, 0.1) is 0 Å². The van der Waals surface area contributed by atoms with Crippen LogP contribution in [0.5, 0.6) is 0 Å². The monoisotopic (exact) mass is 440 g/mol. The summed E-state index contributed by atoms with van der Waals surface area (Å²) in [6.45, 7) is 4.34. The first-order valence-electron chi connectivity index (χ1n) is 11.1. The Morgan fingerprint density at radius 2 is 1.91 bits per heavy atom. The highest BCUT2D eigenvalue weighted by Gasteiger charge is 2.28. The molecule has 3 N–H and O–H groups in total. The summed E-state index contributed by atoms with van der Waals surface area (Å²) in [5.74, 6) is 0.576. The van der Waals surface area contributed by atoms with Crippen molar-refractivity contribution < 1.29 is 4.79 Å². The summed E-state index contributed by atoms with van der Waals surface area (Å²) >= 11 is 0. The minimum atomic E-state index is -0.105. The number of amides is 1. The molecule has 0 saturated carbocycles. The van der Waals surface area contributed by atoms with Gasteiger partial charge in [-0.2, -0.15) is 0 Å². The molecule has 1 amide bonds. The zero-order chi connectivity index (χ0) is 22.4. The number of carbonyl (C=O) groups excluding carboxylic acids is 1. The van der Waals surface area contributed by atoms with Crippen LogP contribution in [0.1, 0.15) is 15.9 Å². The van der Waals surface area contributed by atoms with Crippen molar-refractivity contribution in [3.05, 3.63) is 60.2 Å². The third-order valence-electron chi connectivity index (χ3n) is 6.35. The molecule has 0 unspecified atom stereocenters. The van der Waals surface area contributed by atoms with Crippen LogP contribution in [0.4, 0.5) is 17.2 Å². The molecule has 1 fully saturated rings. The number of carbonyl (C=O) groups is 1. The molecule has 0 aromatic carbocycles. The van der Waals surface area contributed by atoms with Gasteiger partial charge in [0.2, 0.25) is 0 Å². The number of hydrogen-bond acceptors (Lipinski definition) is 7. The number of anilines is 3. The van der Waals surface area contributed by atoms with E-state index in [1.165, 1.54) is 0 Å². The molecule has 4 aromatic heterocycles. The van der Waals surface area contributed by atoms with E-state index in [2.05, 4.69) is 36.9 Å². The summed E-state index contributed by atoms with van der Waals surface area (Å²) in [5, 5.41) is 10.6. The zero-order valence-electron chi connectivity index (χ0n) is 18.3. The second kappa shape index (κ2) is 7.86. The van der Waals surface area contributed by atoms with Crippen LogP contribution >= 0.6 is 0 Å². The van der Waals surface area contributed by atoms with Gasteiger partial charge in [-0.25, -0.2) is 9.97 Å². The van der Waals surface area contributed by atoms with E-state index in [1.54, 1.807) is 12.4 Å². The molecule has 1 saturated heterocycles. The lowest BCUT2D eigenvalue weighted by atomic mass is 10.0. The molecule has 4 aromatic rings. The maximum absolute atomic E-state index is 12.8. The number of hydrogen-bond donors (Lipinski definition) is 3. The molecule has 0 aliphatic carbocycles. The minimum absolute atomic E-state index is 0.105. The lowest BCUT2D eigenvalue weighted by Crippen LogP contribution is -2.43. The van der Waals surface area contributed by atoms with Crippen molar-refractivity contribution in [1.82, 2.24) is 30.2 Å². The van der Waals surface area contributed by atoms with E-state index < -0.39 is 0 Å². The molecule has 9 nitrogen and oxygen atoms in total. The predicted octanol–water partition coefficient (Wildman–Crippen LogP) is 2.43. The molecule has 0 spiro atoms. The average Bonchev–Trinajstić information content (AvgIpc) is 3.44. The summed E-state index contributed by atoms with van der Waals surface area (Å²) in [4.78, 5) is 28.9. The van der Waals surface area contributed by atoms with E-state index in [1.807, 2.05) is 42.2 Å². The van der Waals surface area contributed by atoms with E-state index in [4.69, 9.17) is 4.98 Å². The normalized spacial score (nSPS) is 15.5. The van der Waals surface area contributed by atoms with Gasteiger partial charge in [0.15, 0.2) is 0 Å². The standard InChI is InChI=1S/C24H24N8O/c1-31-9-5-17-16(4-6-26-23(17)31)22-18-13-29-24(33)21(18)19(14-28-22)30-20-3-2-15(12-27-20)32-10-7-25-8-11-32/h2-6,9,12,14,25H,7-8,10-11,13H2,1H3,(H,27,30)(H,29,33). The molecule has 6 rings (SSSR count). The SMILES string of the molecule is Cn1ccc2c(-c3ncc(Nc4ccc(N5CCNCC5)cn4)c4c3CNC4=O)ccnc21. The largest absolute Gasteiger partial charge is 0.368 e. The maximum atomic E-state index is 12.8. The Morgan fingerprint density at radius 1 is 1.03 bits per heavy atom. The number of aryl methyl sites for hydroxylation is 1. The molecule has 33 heavy (non-hydrogen) atoms. The lowest BCUT2D eigenvalue weighted by molar-refractivity contribution is 0.0966. The average molecular weight is 441 g/mol. The first-order valence-corrected chi connectivity index (χ1v) is 11.1. The maximum Gasteiger partial charge on any atom is 0.254 e. The van der Waals surface area contributed by atoms with Crippen LogP contribution in [-0.2, 0) is 13.6 Å². The Hall–Kier alpha value is -3.98. The summed E-state index contributed by atoms with van der Waals surface area (Å²) < 4.78 is 1.98. The van der Waals surface area contributed by atoms with Gasteiger partial charge in [-0.05, 0) is 24.3 Å². The van der Waals surface area contributed by atoms with Crippen LogP contribution in [0.25, 0.3) is 22.3 Å². The Labute approximate surface area is 190 Å². The number of rotatable bonds is 4. The van der Waals surface area contributed by atoms with E-state index >= 15 is 0 Å². The third-order valence-corrected chi connectivity index (χ3v) is 6.35. The molecule has 2 aliphatic heterocycles. The minimum Gasteiger partial charge on any atom is -0.368 e. The van der Waals surface area contributed by atoms with E-state index in [0.29, 0.717) is 23.6 Å². The highest BCUT2D eigenvalue weighted by Crippen LogP contribution is 2.36. The first kappa shape index (κ1) is 19.7. The van der Waals surface area contributed by atoms with Crippen molar-refractivity contribution in [3.8, 4) is 11.3 Å². The molecule has 0 bridgehead atoms. The highest BCUT2D eigenvalue weighted by atomic mass is 16.1. The summed E-state index contributed by atoms with van der Waals surface area (Å²) in [6.07, 6.45) is 7.36. The number of aromatic nitrogens is 4. The van der Waals surface area contributed by atoms with Gasteiger partial charge in [-0.15, -0.1) is 0 Å². The van der Waals surface area contributed by atoms with Gasteiger partial charge in [0.1, 0.15) is 11.5 Å². The van der Waals surface area contributed by atoms with Gasteiger partial charge in [0.25, 0.3) is 5.91 Å². The van der Waals surface area contributed by atoms with E-state index in [0.717, 1.165) is 59.7 Å². The van der Waals surface area contributed by atoms with Crippen molar-refractivity contribution in [2.45, 2.75) is 6.54 Å². The second-order valence-corrected chi connectivity index (χ2v) is 8.34. The van der Waals surface area contributed by atoms with Crippen molar-refractivity contribution in [3.63, 3.8) is 0 Å². The first-order chi connectivity index (χ1) is 16.2. The van der Waals surface area contributed by atoms with Gasteiger partial charge in [-0.1, -0.05) is 0 Å². The van der Waals surface area contributed by atoms with Gasteiger partial charge in [0.05, 0.1) is 35.0 Å². The highest BCUT2D eigenvalue weighted by molar-refractivity contribution is 6.06. The molecule has 9 heteroatoms. The fraction of sp³-hybridized carbons (Fsp3) is 0.250. The van der Waals surface area contributed by atoms with Crippen LogP contribution < -0.4 is 20.9 Å². The summed E-state index contributed by atoms with van der Waals surface area (Å²) in [6, 6.07) is 8.00. The number of pyridine rings is 3. The smallest absolute Gasteiger partial charge is 0.254 e. The summed E-state index contributed by atoms with van der Waals surface area (Å²) in [7, 11) is 1.97. The Bertz CT molecular complexity index is 1360. The van der Waals surface area contributed by atoms with Crippen LogP contribution in [0.2, 0.25) is 0 Å². The molecule has 0 radical (unpaired) electrons. The Morgan fingerprint density at radius 3 is 2.73 bits per heavy atom.